The highest BCUT2D eigenvalue weighted by Crippen LogP contribution is 2.39. The van der Waals surface area contributed by atoms with Gasteiger partial charge in [0, 0.05) is 42.5 Å². The lowest BCUT2D eigenvalue weighted by Gasteiger charge is -2.36. The van der Waals surface area contributed by atoms with Gasteiger partial charge < -0.3 is 30.1 Å². The van der Waals surface area contributed by atoms with Crippen LogP contribution in [-0.2, 0) is 25.7 Å². The number of aromatic carboxylic acids is 1. The molecule has 0 aliphatic carbocycles. The van der Waals surface area contributed by atoms with Crippen molar-refractivity contribution in [2.24, 2.45) is 0 Å². The zero-order chi connectivity index (χ0) is 28.5. The highest BCUT2D eigenvalue weighted by molar-refractivity contribution is 7.99. The summed E-state index contributed by atoms with van der Waals surface area (Å²) in [5.74, 6) is -1.80. The first-order chi connectivity index (χ1) is 19.3. The number of aromatic nitrogens is 1. The summed E-state index contributed by atoms with van der Waals surface area (Å²) in [5, 5.41) is 30.8. The van der Waals surface area contributed by atoms with Gasteiger partial charge in [-0.3, -0.25) is 9.59 Å². The van der Waals surface area contributed by atoms with Gasteiger partial charge in [0.1, 0.15) is 5.03 Å². The number of anilines is 1. The van der Waals surface area contributed by atoms with Crippen LogP contribution >= 0.6 is 11.8 Å². The molecule has 1 aliphatic heterocycles. The van der Waals surface area contributed by atoms with E-state index in [0.29, 0.717) is 22.9 Å². The van der Waals surface area contributed by atoms with Crippen LogP contribution in [0, 0.1) is 0 Å². The van der Waals surface area contributed by atoms with Gasteiger partial charge in [0.2, 0.25) is 5.91 Å². The Bertz CT molecular complexity index is 1320. The number of ether oxygens (including phenoxy) is 2. The SMILES string of the molecule is O=C(O)CCCC(=O)Nc1ccc([C@@H]2O[C@H](CSc3ncccc3C(=O)O)C[C@H](c3ccc(CO)cc3)O2)cc1. The Balaban J connectivity index is 1.47. The molecule has 2 heterocycles. The van der Waals surface area contributed by atoms with Crippen molar-refractivity contribution in [3.63, 3.8) is 0 Å². The van der Waals surface area contributed by atoms with E-state index in [1.807, 2.05) is 24.3 Å². The number of carboxylic acid groups (broad SMARTS) is 2. The molecule has 1 aliphatic rings. The Morgan fingerprint density at radius 2 is 1.68 bits per heavy atom. The molecule has 1 saturated heterocycles. The molecule has 1 fully saturated rings. The number of nitrogens with one attached hydrogen (secondary N) is 1. The van der Waals surface area contributed by atoms with Crippen molar-refractivity contribution in [2.75, 3.05) is 11.1 Å². The van der Waals surface area contributed by atoms with E-state index in [1.54, 1.807) is 36.5 Å². The molecule has 3 atom stereocenters. The van der Waals surface area contributed by atoms with Gasteiger partial charge in [0.25, 0.3) is 0 Å². The van der Waals surface area contributed by atoms with E-state index in [9.17, 15) is 24.6 Å². The van der Waals surface area contributed by atoms with Gasteiger partial charge in [-0.05, 0) is 41.8 Å². The fourth-order valence-corrected chi connectivity index (χ4v) is 5.22. The molecule has 0 spiro atoms. The van der Waals surface area contributed by atoms with Crippen molar-refractivity contribution in [3.8, 4) is 0 Å². The van der Waals surface area contributed by atoms with Gasteiger partial charge >= 0.3 is 11.9 Å². The number of amides is 1. The molecule has 4 N–H and O–H groups in total. The number of aliphatic hydroxyl groups excluding tert-OH is 1. The van der Waals surface area contributed by atoms with E-state index in [4.69, 9.17) is 14.6 Å². The molecule has 1 amide bonds. The van der Waals surface area contributed by atoms with Crippen LogP contribution in [-0.4, -0.2) is 50.0 Å². The summed E-state index contributed by atoms with van der Waals surface area (Å²) in [6, 6.07) is 17.6. The third kappa shape index (κ3) is 8.12. The van der Waals surface area contributed by atoms with Gasteiger partial charge in [-0.1, -0.05) is 36.4 Å². The zero-order valence-corrected chi connectivity index (χ0v) is 22.4. The fourth-order valence-electron chi connectivity index (χ4n) is 4.21. The van der Waals surface area contributed by atoms with E-state index in [2.05, 4.69) is 10.3 Å². The van der Waals surface area contributed by atoms with Crippen molar-refractivity contribution < 1.29 is 39.2 Å². The van der Waals surface area contributed by atoms with Gasteiger partial charge in [-0.2, -0.15) is 0 Å². The molecule has 1 aromatic heterocycles. The Kier molecular flexibility index (Phi) is 10.3. The van der Waals surface area contributed by atoms with Crippen molar-refractivity contribution in [1.82, 2.24) is 4.98 Å². The maximum absolute atomic E-state index is 12.1. The Hall–Kier alpha value is -3.77. The number of rotatable bonds is 12. The predicted molar refractivity (Wildman–Crippen MR) is 147 cm³/mol. The molecule has 10 nitrogen and oxygen atoms in total. The number of hydrogen-bond acceptors (Lipinski definition) is 8. The van der Waals surface area contributed by atoms with Crippen molar-refractivity contribution >= 4 is 35.3 Å². The number of aliphatic hydroxyl groups is 1. The van der Waals surface area contributed by atoms with Gasteiger partial charge in [0.05, 0.1) is 24.4 Å². The van der Waals surface area contributed by atoms with Crippen LogP contribution in [0.4, 0.5) is 5.69 Å². The van der Waals surface area contributed by atoms with E-state index in [-0.39, 0.29) is 49.5 Å². The average molecular weight is 567 g/mol. The van der Waals surface area contributed by atoms with Gasteiger partial charge in [-0.25, -0.2) is 9.78 Å². The zero-order valence-electron chi connectivity index (χ0n) is 21.6. The van der Waals surface area contributed by atoms with Crippen LogP contribution in [0.1, 0.15) is 65.1 Å². The molecule has 0 radical (unpaired) electrons. The summed E-state index contributed by atoms with van der Waals surface area (Å²) in [7, 11) is 0. The van der Waals surface area contributed by atoms with Crippen molar-refractivity contribution in [2.45, 2.75) is 55.8 Å². The quantitative estimate of drug-likeness (QED) is 0.225. The Morgan fingerprint density at radius 1 is 0.950 bits per heavy atom. The molecule has 4 rings (SSSR count). The van der Waals surface area contributed by atoms with Crippen LogP contribution in [0.25, 0.3) is 0 Å². The minimum atomic E-state index is -1.04. The van der Waals surface area contributed by atoms with Gasteiger partial charge in [0.15, 0.2) is 6.29 Å². The second kappa shape index (κ2) is 14.0. The lowest BCUT2D eigenvalue weighted by molar-refractivity contribution is -0.245. The summed E-state index contributed by atoms with van der Waals surface area (Å²) in [4.78, 5) is 38.6. The maximum atomic E-state index is 12.1. The normalized spacial score (nSPS) is 18.7. The highest BCUT2D eigenvalue weighted by Gasteiger charge is 2.32. The minimum absolute atomic E-state index is 0.0603. The molecule has 2 aromatic carbocycles. The first-order valence-corrected chi connectivity index (χ1v) is 13.7. The van der Waals surface area contributed by atoms with E-state index >= 15 is 0 Å². The lowest BCUT2D eigenvalue weighted by Crippen LogP contribution is -2.31. The highest BCUT2D eigenvalue weighted by atomic mass is 32.2. The number of carbonyl (C=O) groups excluding carboxylic acids is 1. The smallest absolute Gasteiger partial charge is 0.338 e. The monoisotopic (exact) mass is 566 g/mol. The summed E-state index contributed by atoms with van der Waals surface area (Å²) in [6.07, 6.45) is 1.07. The molecule has 0 saturated carbocycles. The van der Waals surface area contributed by atoms with E-state index in [1.165, 1.54) is 17.8 Å². The Labute approximate surface area is 235 Å². The summed E-state index contributed by atoms with van der Waals surface area (Å²) in [6.45, 7) is -0.0603. The first kappa shape index (κ1) is 29.2. The number of nitrogens with zero attached hydrogens (tertiary/aromatic N) is 1. The third-order valence-corrected chi connectivity index (χ3v) is 7.42. The molecular formula is C29H30N2O8S. The average Bonchev–Trinajstić information content (AvgIpc) is 2.96. The van der Waals surface area contributed by atoms with Crippen LogP contribution in [0.15, 0.2) is 71.9 Å². The molecule has 11 heteroatoms. The molecule has 0 unspecified atom stereocenters. The van der Waals surface area contributed by atoms with E-state index in [0.717, 1.165) is 16.7 Å². The number of aliphatic carboxylic acids is 1. The van der Waals surface area contributed by atoms with Crippen LogP contribution < -0.4 is 5.32 Å². The van der Waals surface area contributed by atoms with Crippen LogP contribution in [0.2, 0.25) is 0 Å². The van der Waals surface area contributed by atoms with Crippen molar-refractivity contribution in [3.05, 3.63) is 89.1 Å². The fraction of sp³-hybridized carbons (Fsp3) is 0.310. The molecule has 0 bridgehead atoms. The van der Waals surface area contributed by atoms with E-state index < -0.39 is 18.2 Å². The second-order valence-corrected chi connectivity index (χ2v) is 10.2. The van der Waals surface area contributed by atoms with Gasteiger partial charge in [-0.15, -0.1) is 11.8 Å². The summed E-state index contributed by atoms with van der Waals surface area (Å²) >= 11 is 1.31. The topological polar surface area (TPSA) is 155 Å². The lowest BCUT2D eigenvalue weighted by atomic mass is 10.0. The number of thioether (sulfide) groups is 1. The summed E-state index contributed by atoms with van der Waals surface area (Å²) < 4.78 is 12.6. The van der Waals surface area contributed by atoms with Crippen LogP contribution in [0.3, 0.4) is 0 Å². The third-order valence-electron chi connectivity index (χ3n) is 6.28. The van der Waals surface area contributed by atoms with Crippen LogP contribution in [0.5, 0.6) is 0 Å². The second-order valence-electron chi connectivity index (χ2n) is 9.24. The van der Waals surface area contributed by atoms with Crippen molar-refractivity contribution in [1.29, 1.82) is 0 Å². The number of carbonyl (C=O) groups is 3. The number of carboxylic acids is 2. The molecule has 40 heavy (non-hydrogen) atoms. The molecule has 3 aromatic rings. The number of benzene rings is 2. The minimum Gasteiger partial charge on any atom is -0.481 e. The standard InChI is InChI=1S/C29H30N2O8S/c32-16-18-6-8-19(9-7-18)24-15-22(17-40-27-23(28(36)37)3-2-14-30-27)38-29(39-24)20-10-12-21(13-11-20)31-25(33)4-1-5-26(34)35/h2-3,6-14,22,24,29,32H,1,4-5,15-17H2,(H,31,33)(H,34,35)(H,36,37)/t22-,24+,29+/m0/s1. The number of hydrogen-bond donors (Lipinski definition) is 4. The largest absolute Gasteiger partial charge is 0.481 e. The molecule has 210 valence electrons. The Morgan fingerprint density at radius 3 is 2.35 bits per heavy atom. The number of pyridine rings is 1. The first-order valence-electron chi connectivity index (χ1n) is 12.8. The molecular weight excluding hydrogens is 536 g/mol. The maximum Gasteiger partial charge on any atom is 0.338 e. The predicted octanol–water partition coefficient (Wildman–Crippen LogP) is 4.80. The summed E-state index contributed by atoms with van der Waals surface area (Å²) in [5.41, 5.74) is 3.15.